The molecule has 0 amide bonds. The van der Waals surface area contributed by atoms with E-state index in [-0.39, 0.29) is 0 Å². The molecule has 0 aromatic heterocycles. The highest BCUT2D eigenvalue weighted by atomic mass is 16.5. The molecular formula is C43H34N2O4. The van der Waals surface area contributed by atoms with E-state index in [1.54, 1.807) is 24.3 Å². The third-order valence-corrected chi connectivity index (χ3v) is 7.83. The van der Waals surface area contributed by atoms with Gasteiger partial charge in [0.05, 0.1) is 0 Å². The number of ether oxygens (including phenoxy) is 2. The second-order valence-electron chi connectivity index (χ2n) is 11.2. The lowest BCUT2D eigenvalue weighted by Crippen LogP contribution is -2.11. The monoisotopic (exact) mass is 642 g/mol. The van der Waals surface area contributed by atoms with E-state index in [1.807, 2.05) is 59.5 Å². The summed E-state index contributed by atoms with van der Waals surface area (Å²) in [5, 5.41) is 0. The Morgan fingerprint density at radius 1 is 0.469 bits per heavy atom. The van der Waals surface area contributed by atoms with Crippen LogP contribution in [-0.2, 0) is 9.59 Å². The summed E-state index contributed by atoms with van der Waals surface area (Å²) < 4.78 is 10.7. The van der Waals surface area contributed by atoms with E-state index in [1.165, 1.54) is 5.56 Å². The average molecular weight is 643 g/mol. The van der Waals surface area contributed by atoms with E-state index in [9.17, 15) is 9.59 Å². The number of anilines is 6. The van der Waals surface area contributed by atoms with Crippen LogP contribution in [0.4, 0.5) is 34.1 Å². The van der Waals surface area contributed by atoms with Crippen LogP contribution in [0.5, 0.6) is 11.5 Å². The molecule has 0 aliphatic carbocycles. The Morgan fingerprint density at radius 2 is 0.878 bits per heavy atom. The maximum absolute atomic E-state index is 11.9. The molecule has 0 bridgehead atoms. The van der Waals surface area contributed by atoms with Crippen LogP contribution in [0.15, 0.2) is 177 Å². The van der Waals surface area contributed by atoms with Crippen molar-refractivity contribution in [1.29, 1.82) is 0 Å². The second-order valence-corrected chi connectivity index (χ2v) is 11.2. The molecule has 6 heteroatoms. The van der Waals surface area contributed by atoms with Crippen LogP contribution in [0.25, 0.3) is 11.1 Å². The molecule has 240 valence electrons. The molecule has 0 heterocycles. The summed E-state index contributed by atoms with van der Waals surface area (Å²) in [6.45, 7) is 9.04. The van der Waals surface area contributed by atoms with Gasteiger partial charge in [-0.05, 0) is 103 Å². The van der Waals surface area contributed by atoms with Crippen molar-refractivity contribution < 1.29 is 19.1 Å². The number of benzene rings is 6. The Balaban J connectivity index is 1.32. The molecule has 0 aliphatic rings. The van der Waals surface area contributed by atoms with Crippen LogP contribution < -0.4 is 19.3 Å². The molecule has 6 rings (SSSR count). The molecule has 6 nitrogen and oxygen atoms in total. The quantitative estimate of drug-likeness (QED) is 0.0796. The van der Waals surface area contributed by atoms with E-state index in [2.05, 4.69) is 97.8 Å². The summed E-state index contributed by atoms with van der Waals surface area (Å²) in [5.74, 6) is -0.295. The maximum Gasteiger partial charge on any atom is 0.335 e. The number of hydrogen-bond donors (Lipinski definition) is 0. The first kappa shape index (κ1) is 32.3. The molecule has 0 N–H and O–H groups in total. The van der Waals surface area contributed by atoms with Gasteiger partial charge in [-0.15, -0.1) is 0 Å². The zero-order valence-corrected chi connectivity index (χ0v) is 27.0. The van der Waals surface area contributed by atoms with Crippen molar-refractivity contribution in [2.45, 2.75) is 6.92 Å². The number of aryl methyl sites for hydroxylation is 1. The van der Waals surface area contributed by atoms with E-state index < -0.39 is 11.9 Å². The van der Waals surface area contributed by atoms with Gasteiger partial charge in [-0.3, -0.25) is 0 Å². The summed E-state index contributed by atoms with van der Waals surface area (Å²) in [5.41, 5.74) is 9.01. The number of nitrogens with zero attached hydrogens (tertiary/aromatic N) is 2. The topological polar surface area (TPSA) is 59.1 Å². The van der Waals surface area contributed by atoms with Gasteiger partial charge in [-0.1, -0.05) is 79.4 Å². The molecule has 0 saturated carbocycles. The molecule has 6 aromatic rings. The van der Waals surface area contributed by atoms with Crippen LogP contribution in [-0.4, -0.2) is 11.9 Å². The molecule has 0 unspecified atom stereocenters. The zero-order valence-electron chi connectivity index (χ0n) is 27.0. The molecule has 49 heavy (non-hydrogen) atoms. The number of esters is 2. The van der Waals surface area contributed by atoms with Gasteiger partial charge in [0.15, 0.2) is 0 Å². The Hall–Kier alpha value is -6.66. The molecular weight excluding hydrogens is 608 g/mol. The Morgan fingerprint density at radius 3 is 1.39 bits per heavy atom. The minimum absolute atomic E-state index is 0.385. The first-order chi connectivity index (χ1) is 23.9. The maximum atomic E-state index is 11.9. The first-order valence-electron chi connectivity index (χ1n) is 15.7. The minimum Gasteiger partial charge on any atom is -0.423 e. The molecule has 0 saturated heterocycles. The van der Waals surface area contributed by atoms with E-state index >= 15 is 0 Å². The second kappa shape index (κ2) is 14.8. The average Bonchev–Trinajstić information content (AvgIpc) is 3.14. The summed E-state index contributed by atoms with van der Waals surface area (Å²) in [6.07, 6.45) is 2.25. The third-order valence-electron chi connectivity index (χ3n) is 7.83. The van der Waals surface area contributed by atoms with E-state index in [0.29, 0.717) is 11.5 Å². The lowest BCUT2D eigenvalue weighted by atomic mass is 10.0. The summed E-state index contributed by atoms with van der Waals surface area (Å²) in [6, 6.07) is 50.0. The number of carbonyl (C=O) groups is 2. The standard InChI is InChI=1S/C43H34N2O4/c1-4-42(46)48-40-28-26-38(27-29-40)45(39-12-9-13-41(30-39)49-43(47)5-2)37-24-18-33(19-25-37)32-16-22-36(23-17-32)44(34-10-7-6-8-11-34)35-20-14-31(3)15-21-35/h4-30H,1-2H2,3H3. The zero-order chi connectivity index (χ0) is 34.2. The van der Waals surface area contributed by atoms with Crippen molar-refractivity contribution in [2.75, 3.05) is 9.80 Å². The lowest BCUT2D eigenvalue weighted by molar-refractivity contribution is -0.129. The highest BCUT2D eigenvalue weighted by molar-refractivity contribution is 5.85. The Kier molecular flexibility index (Phi) is 9.78. The van der Waals surface area contributed by atoms with Gasteiger partial charge in [0.25, 0.3) is 0 Å². The number of hydrogen-bond acceptors (Lipinski definition) is 6. The van der Waals surface area contributed by atoms with Crippen LogP contribution in [0, 0.1) is 6.92 Å². The minimum atomic E-state index is -0.543. The molecule has 0 aliphatic heterocycles. The van der Waals surface area contributed by atoms with Gasteiger partial charge >= 0.3 is 11.9 Å². The van der Waals surface area contributed by atoms with Crippen molar-refractivity contribution in [3.8, 4) is 22.6 Å². The van der Waals surface area contributed by atoms with Crippen LogP contribution in [0.2, 0.25) is 0 Å². The van der Waals surface area contributed by atoms with Crippen LogP contribution >= 0.6 is 0 Å². The fraction of sp³-hybridized carbons (Fsp3) is 0.0233. The Labute approximate surface area is 286 Å². The van der Waals surface area contributed by atoms with Crippen molar-refractivity contribution in [2.24, 2.45) is 0 Å². The fourth-order valence-corrected chi connectivity index (χ4v) is 5.44. The molecule has 0 atom stereocenters. The summed E-state index contributed by atoms with van der Waals surface area (Å²) in [4.78, 5) is 27.9. The van der Waals surface area contributed by atoms with E-state index in [0.717, 1.165) is 57.4 Å². The van der Waals surface area contributed by atoms with Gasteiger partial charge in [0.1, 0.15) is 11.5 Å². The Bertz CT molecular complexity index is 2070. The molecule has 0 radical (unpaired) electrons. The predicted molar refractivity (Wildman–Crippen MR) is 198 cm³/mol. The van der Waals surface area contributed by atoms with Gasteiger partial charge < -0.3 is 19.3 Å². The summed E-state index contributed by atoms with van der Waals surface area (Å²) >= 11 is 0. The summed E-state index contributed by atoms with van der Waals surface area (Å²) in [7, 11) is 0. The van der Waals surface area contributed by atoms with Gasteiger partial charge in [0.2, 0.25) is 0 Å². The van der Waals surface area contributed by atoms with Crippen molar-refractivity contribution in [3.05, 3.63) is 183 Å². The van der Waals surface area contributed by atoms with Crippen LogP contribution in [0.1, 0.15) is 5.56 Å². The third kappa shape index (κ3) is 7.67. The van der Waals surface area contributed by atoms with Crippen molar-refractivity contribution in [1.82, 2.24) is 0 Å². The predicted octanol–water partition coefficient (Wildman–Crippen LogP) is 10.8. The molecule has 6 aromatic carbocycles. The number of para-hydroxylation sites is 1. The smallest absolute Gasteiger partial charge is 0.335 e. The van der Waals surface area contributed by atoms with Gasteiger partial charge in [0, 0.05) is 52.3 Å². The fourth-order valence-electron chi connectivity index (χ4n) is 5.44. The van der Waals surface area contributed by atoms with Crippen LogP contribution in [0.3, 0.4) is 0 Å². The van der Waals surface area contributed by atoms with Crippen molar-refractivity contribution >= 4 is 46.1 Å². The highest BCUT2D eigenvalue weighted by Gasteiger charge is 2.16. The normalized spacial score (nSPS) is 10.5. The first-order valence-corrected chi connectivity index (χ1v) is 15.7. The molecule has 0 fully saturated rings. The van der Waals surface area contributed by atoms with E-state index in [4.69, 9.17) is 9.47 Å². The SMILES string of the molecule is C=CC(=O)Oc1ccc(N(c2ccc(-c3ccc(N(c4ccccc4)c4ccc(C)cc4)cc3)cc2)c2cccc(OC(=O)C=C)c2)cc1. The highest BCUT2D eigenvalue weighted by Crippen LogP contribution is 2.39. The number of rotatable bonds is 11. The van der Waals surface area contributed by atoms with Crippen molar-refractivity contribution in [3.63, 3.8) is 0 Å². The van der Waals surface area contributed by atoms with Gasteiger partial charge in [-0.25, -0.2) is 9.59 Å². The molecule has 0 spiro atoms. The number of carbonyl (C=O) groups excluding carboxylic acids is 2. The lowest BCUT2D eigenvalue weighted by Gasteiger charge is -2.26. The largest absolute Gasteiger partial charge is 0.423 e. The van der Waals surface area contributed by atoms with Gasteiger partial charge in [-0.2, -0.15) is 0 Å².